The summed E-state index contributed by atoms with van der Waals surface area (Å²) in [6.45, 7) is 0.709. The number of hydrogen-bond acceptors (Lipinski definition) is 2. The van der Waals surface area contributed by atoms with Crippen LogP contribution in [0.25, 0.3) is 0 Å². The van der Waals surface area contributed by atoms with Crippen LogP contribution in [0.2, 0.25) is 0 Å². The zero-order valence-electron chi connectivity index (χ0n) is 8.24. The van der Waals surface area contributed by atoms with Gasteiger partial charge in [0.25, 0.3) is 0 Å². The van der Waals surface area contributed by atoms with Gasteiger partial charge < -0.3 is 9.84 Å². The van der Waals surface area contributed by atoms with E-state index in [4.69, 9.17) is 4.74 Å². The smallest absolute Gasteiger partial charge is 0.0791 e. The second-order valence-corrected chi connectivity index (χ2v) is 4.45. The summed E-state index contributed by atoms with van der Waals surface area (Å²) in [5, 5.41) is 9.81. The summed E-state index contributed by atoms with van der Waals surface area (Å²) in [6, 6.07) is 7.96. The van der Waals surface area contributed by atoms with E-state index in [9.17, 15) is 5.11 Å². The molecule has 14 heavy (non-hydrogen) atoms. The van der Waals surface area contributed by atoms with E-state index in [1.807, 2.05) is 24.3 Å². The molecule has 1 aromatic carbocycles. The minimum Gasteiger partial charge on any atom is -0.388 e. The van der Waals surface area contributed by atoms with Gasteiger partial charge in [-0.25, -0.2) is 0 Å². The van der Waals surface area contributed by atoms with Crippen LogP contribution in [0, 0.1) is 3.57 Å². The van der Waals surface area contributed by atoms with E-state index >= 15 is 0 Å². The van der Waals surface area contributed by atoms with Crippen molar-refractivity contribution in [3.05, 3.63) is 33.4 Å². The van der Waals surface area contributed by atoms with E-state index in [0.717, 1.165) is 22.0 Å². The van der Waals surface area contributed by atoms with Gasteiger partial charge in [-0.2, -0.15) is 0 Å². The molecule has 0 saturated heterocycles. The van der Waals surface area contributed by atoms with Gasteiger partial charge in [-0.05, 0) is 53.1 Å². The van der Waals surface area contributed by atoms with Gasteiger partial charge >= 0.3 is 0 Å². The van der Waals surface area contributed by atoms with E-state index in [-0.39, 0.29) is 6.10 Å². The molecular formula is C11H15IO2. The Hall–Kier alpha value is -0.130. The molecule has 0 aliphatic carbocycles. The maximum absolute atomic E-state index is 9.81. The summed E-state index contributed by atoms with van der Waals surface area (Å²) < 4.78 is 6.10. The van der Waals surface area contributed by atoms with Crippen LogP contribution in [0.3, 0.4) is 0 Å². The number of ether oxygens (including phenoxy) is 1. The van der Waals surface area contributed by atoms with Crippen molar-refractivity contribution in [2.24, 2.45) is 0 Å². The third-order valence-corrected chi connectivity index (χ3v) is 2.73. The van der Waals surface area contributed by atoms with Crippen LogP contribution < -0.4 is 0 Å². The van der Waals surface area contributed by atoms with Crippen molar-refractivity contribution in [1.29, 1.82) is 0 Å². The van der Waals surface area contributed by atoms with Crippen LogP contribution in [0.1, 0.15) is 24.5 Å². The van der Waals surface area contributed by atoms with Crippen LogP contribution in [-0.2, 0) is 4.74 Å². The van der Waals surface area contributed by atoms with Crippen LogP contribution in [0.15, 0.2) is 24.3 Å². The summed E-state index contributed by atoms with van der Waals surface area (Å²) in [5.74, 6) is 0. The molecule has 0 heterocycles. The molecule has 0 bridgehead atoms. The molecule has 0 amide bonds. The Morgan fingerprint density at radius 1 is 1.50 bits per heavy atom. The molecule has 1 unspecified atom stereocenters. The van der Waals surface area contributed by atoms with Crippen LogP contribution >= 0.6 is 22.6 Å². The van der Waals surface area contributed by atoms with Crippen molar-refractivity contribution in [2.75, 3.05) is 13.7 Å². The largest absolute Gasteiger partial charge is 0.388 e. The zero-order chi connectivity index (χ0) is 10.4. The van der Waals surface area contributed by atoms with Crippen molar-refractivity contribution >= 4 is 22.6 Å². The predicted molar refractivity (Wildman–Crippen MR) is 65.2 cm³/mol. The van der Waals surface area contributed by atoms with Crippen molar-refractivity contribution in [3.63, 3.8) is 0 Å². The molecule has 0 saturated carbocycles. The summed E-state index contributed by atoms with van der Waals surface area (Å²) in [7, 11) is 1.68. The first-order valence-corrected chi connectivity index (χ1v) is 5.74. The van der Waals surface area contributed by atoms with Crippen molar-refractivity contribution < 1.29 is 9.84 Å². The Balaban J connectivity index is 2.47. The predicted octanol–water partition coefficient (Wildman–Crippen LogP) is 2.75. The van der Waals surface area contributed by atoms with Gasteiger partial charge in [0.05, 0.1) is 6.10 Å². The normalized spacial score (nSPS) is 12.8. The summed E-state index contributed by atoms with van der Waals surface area (Å²) in [5.41, 5.74) is 0.994. The van der Waals surface area contributed by atoms with E-state index in [1.165, 1.54) is 0 Å². The number of aliphatic hydroxyl groups excluding tert-OH is 1. The highest BCUT2D eigenvalue weighted by molar-refractivity contribution is 14.1. The van der Waals surface area contributed by atoms with Gasteiger partial charge in [-0.15, -0.1) is 0 Å². The highest BCUT2D eigenvalue weighted by Gasteiger charge is 2.06. The lowest BCUT2D eigenvalue weighted by Crippen LogP contribution is -2.00. The van der Waals surface area contributed by atoms with Crippen LogP contribution in [-0.4, -0.2) is 18.8 Å². The Kier molecular flexibility index (Phi) is 5.44. The fourth-order valence-corrected chi connectivity index (χ4v) is 1.87. The lowest BCUT2D eigenvalue weighted by atomic mass is 10.1. The topological polar surface area (TPSA) is 29.5 Å². The first kappa shape index (κ1) is 11.9. The second kappa shape index (κ2) is 6.37. The Morgan fingerprint density at radius 3 is 2.93 bits per heavy atom. The molecule has 0 aromatic heterocycles. The molecule has 1 atom stereocenters. The number of benzene rings is 1. The monoisotopic (exact) mass is 306 g/mol. The van der Waals surface area contributed by atoms with Crippen molar-refractivity contribution in [2.45, 2.75) is 18.9 Å². The molecule has 78 valence electrons. The molecule has 0 radical (unpaired) electrons. The van der Waals surface area contributed by atoms with E-state index in [2.05, 4.69) is 22.6 Å². The average Bonchev–Trinajstić information content (AvgIpc) is 2.18. The maximum atomic E-state index is 9.81. The number of halogens is 1. The molecule has 0 spiro atoms. The maximum Gasteiger partial charge on any atom is 0.0791 e. The minimum absolute atomic E-state index is 0.361. The summed E-state index contributed by atoms with van der Waals surface area (Å²) >= 11 is 2.25. The molecule has 1 N–H and O–H groups in total. The fourth-order valence-electron chi connectivity index (χ4n) is 1.30. The first-order chi connectivity index (χ1) is 6.74. The van der Waals surface area contributed by atoms with Gasteiger partial charge in [0, 0.05) is 17.3 Å². The minimum atomic E-state index is -0.361. The molecule has 3 heteroatoms. The number of rotatable bonds is 5. The molecule has 1 aromatic rings. The lowest BCUT2D eigenvalue weighted by Gasteiger charge is -2.10. The van der Waals surface area contributed by atoms with Gasteiger partial charge in [0.15, 0.2) is 0 Å². The fraction of sp³-hybridized carbons (Fsp3) is 0.455. The number of methoxy groups -OCH3 is 1. The van der Waals surface area contributed by atoms with Gasteiger partial charge in [-0.3, -0.25) is 0 Å². The zero-order valence-corrected chi connectivity index (χ0v) is 10.4. The number of aliphatic hydroxyl groups is 1. The highest BCUT2D eigenvalue weighted by atomic mass is 127. The quantitative estimate of drug-likeness (QED) is 0.669. The first-order valence-electron chi connectivity index (χ1n) is 4.66. The van der Waals surface area contributed by atoms with E-state index in [1.54, 1.807) is 7.11 Å². The van der Waals surface area contributed by atoms with Crippen LogP contribution in [0.5, 0.6) is 0 Å². The van der Waals surface area contributed by atoms with Crippen LogP contribution in [0.4, 0.5) is 0 Å². The van der Waals surface area contributed by atoms with Gasteiger partial charge in [-0.1, -0.05) is 12.1 Å². The molecule has 0 aliphatic rings. The van der Waals surface area contributed by atoms with Crippen molar-refractivity contribution in [3.8, 4) is 0 Å². The Morgan fingerprint density at radius 2 is 2.29 bits per heavy atom. The lowest BCUT2D eigenvalue weighted by molar-refractivity contribution is 0.136. The van der Waals surface area contributed by atoms with E-state index in [0.29, 0.717) is 6.61 Å². The van der Waals surface area contributed by atoms with E-state index < -0.39 is 0 Å². The molecule has 1 rings (SSSR count). The molecule has 2 nitrogen and oxygen atoms in total. The molecular weight excluding hydrogens is 291 g/mol. The third-order valence-electron chi connectivity index (χ3n) is 2.06. The third kappa shape index (κ3) is 3.94. The number of hydrogen-bond donors (Lipinski definition) is 1. The molecule has 0 aliphatic heterocycles. The van der Waals surface area contributed by atoms with Crippen molar-refractivity contribution in [1.82, 2.24) is 0 Å². The summed E-state index contributed by atoms with van der Waals surface area (Å²) in [4.78, 5) is 0. The Bertz CT molecular complexity index is 276. The highest BCUT2D eigenvalue weighted by Crippen LogP contribution is 2.19. The second-order valence-electron chi connectivity index (χ2n) is 3.21. The van der Waals surface area contributed by atoms with Gasteiger partial charge in [0.2, 0.25) is 0 Å². The summed E-state index contributed by atoms with van der Waals surface area (Å²) in [6.07, 6.45) is 1.29. The molecule has 0 fully saturated rings. The SMILES string of the molecule is COCCCC(O)c1cccc(I)c1. The van der Waals surface area contributed by atoms with Gasteiger partial charge in [0.1, 0.15) is 0 Å². The Labute approximate surface area is 98.4 Å². The average molecular weight is 306 g/mol. The standard InChI is InChI=1S/C11H15IO2/c1-14-7-3-6-11(13)9-4-2-5-10(12)8-9/h2,4-5,8,11,13H,3,6-7H2,1H3.